The fourth-order valence-corrected chi connectivity index (χ4v) is 2.54. The lowest BCUT2D eigenvalue weighted by molar-refractivity contribution is -0.117. The van der Waals surface area contributed by atoms with Crippen LogP contribution in [0.25, 0.3) is 6.08 Å². The van der Waals surface area contributed by atoms with Crippen LogP contribution >= 0.6 is 11.6 Å². The van der Waals surface area contributed by atoms with Crippen LogP contribution < -0.4 is 14.8 Å². The van der Waals surface area contributed by atoms with E-state index < -0.39 is 5.91 Å². The fraction of sp³-hybridized carbons (Fsp3) is 0.143. The number of nitrogens with zero attached hydrogens (tertiary/aromatic N) is 1. The van der Waals surface area contributed by atoms with Crippen molar-refractivity contribution >= 4 is 23.6 Å². The molecule has 0 saturated heterocycles. The first-order chi connectivity index (χ1) is 13.1. The average molecular weight is 381 g/mol. The molecule has 0 aliphatic rings. The third kappa shape index (κ3) is 5.54. The molecule has 0 saturated carbocycles. The molecule has 1 amide bonds. The van der Waals surface area contributed by atoms with E-state index in [0.29, 0.717) is 23.6 Å². The highest BCUT2D eigenvalue weighted by molar-refractivity contribution is 6.32. The summed E-state index contributed by atoms with van der Waals surface area (Å²) in [6.07, 6.45) is 6.62. The van der Waals surface area contributed by atoms with Gasteiger partial charge in [-0.25, -0.2) is 0 Å². The number of nitrogens with one attached hydrogen (secondary N) is 1. The first-order valence-corrected chi connectivity index (χ1v) is 8.34. The molecule has 0 aromatic heterocycles. The van der Waals surface area contributed by atoms with Crippen molar-refractivity contribution in [1.29, 1.82) is 5.26 Å². The van der Waals surface area contributed by atoms with Crippen LogP contribution in [0.15, 0.2) is 48.0 Å². The number of amides is 1. The van der Waals surface area contributed by atoms with E-state index in [1.54, 1.807) is 12.1 Å². The summed E-state index contributed by atoms with van der Waals surface area (Å²) in [4.78, 5) is 12.3. The summed E-state index contributed by atoms with van der Waals surface area (Å²) in [5.41, 5.74) is 1.40. The predicted octanol–water partition coefficient (Wildman–Crippen LogP) is 3.58. The van der Waals surface area contributed by atoms with Crippen LogP contribution in [-0.4, -0.2) is 19.6 Å². The van der Waals surface area contributed by atoms with Gasteiger partial charge in [0, 0.05) is 6.54 Å². The third-order valence-electron chi connectivity index (χ3n) is 3.52. The van der Waals surface area contributed by atoms with Gasteiger partial charge in [0.05, 0.1) is 12.1 Å². The van der Waals surface area contributed by atoms with Crippen molar-refractivity contribution in [2.45, 2.75) is 6.54 Å². The van der Waals surface area contributed by atoms with Crippen molar-refractivity contribution in [2.75, 3.05) is 13.7 Å². The van der Waals surface area contributed by atoms with E-state index in [1.807, 2.05) is 36.4 Å². The zero-order chi connectivity index (χ0) is 19.6. The smallest absolute Gasteiger partial charge is 0.262 e. The molecule has 5 nitrogen and oxygen atoms in total. The van der Waals surface area contributed by atoms with Gasteiger partial charge in [-0.15, -0.1) is 6.42 Å². The Morgan fingerprint density at radius 1 is 1.33 bits per heavy atom. The molecule has 2 aromatic rings. The molecule has 0 spiro atoms. The van der Waals surface area contributed by atoms with Crippen LogP contribution in [0.1, 0.15) is 11.1 Å². The van der Waals surface area contributed by atoms with Crippen LogP contribution in [0.4, 0.5) is 0 Å². The van der Waals surface area contributed by atoms with E-state index in [9.17, 15) is 10.1 Å². The number of carbonyl (C=O) groups is 1. The molecule has 0 aliphatic carbocycles. The molecule has 136 valence electrons. The number of ether oxygens (including phenoxy) is 2. The van der Waals surface area contributed by atoms with Crippen molar-refractivity contribution in [3.63, 3.8) is 0 Å². The molecular weight excluding hydrogens is 364 g/mol. The van der Waals surface area contributed by atoms with Crippen molar-refractivity contribution in [1.82, 2.24) is 5.32 Å². The molecule has 0 unspecified atom stereocenters. The number of carbonyl (C=O) groups excluding carboxylic acids is 1. The minimum absolute atomic E-state index is 0.0383. The lowest BCUT2D eigenvalue weighted by atomic mass is 10.1. The summed E-state index contributed by atoms with van der Waals surface area (Å²) < 4.78 is 10.6. The van der Waals surface area contributed by atoms with Gasteiger partial charge in [0.25, 0.3) is 5.91 Å². The molecule has 1 N–H and O–H groups in total. The maximum atomic E-state index is 12.3. The Morgan fingerprint density at radius 3 is 2.70 bits per heavy atom. The Hall–Kier alpha value is -3.41. The van der Waals surface area contributed by atoms with Crippen LogP contribution in [0.5, 0.6) is 11.5 Å². The van der Waals surface area contributed by atoms with E-state index in [1.165, 1.54) is 13.2 Å². The topological polar surface area (TPSA) is 71.3 Å². The molecule has 6 heteroatoms. The lowest BCUT2D eigenvalue weighted by Gasteiger charge is -2.12. The fourth-order valence-electron chi connectivity index (χ4n) is 2.27. The average Bonchev–Trinajstić information content (AvgIpc) is 2.69. The molecular formula is C21H17ClN2O3. The van der Waals surface area contributed by atoms with Gasteiger partial charge in [0.2, 0.25) is 0 Å². The quantitative estimate of drug-likeness (QED) is 0.452. The second-order valence-corrected chi connectivity index (χ2v) is 5.77. The number of hydrogen-bond acceptors (Lipinski definition) is 4. The molecule has 2 rings (SSSR count). The largest absolute Gasteiger partial charge is 0.493 e. The van der Waals surface area contributed by atoms with E-state index >= 15 is 0 Å². The Labute approximate surface area is 163 Å². The minimum Gasteiger partial charge on any atom is -0.493 e. The van der Waals surface area contributed by atoms with Gasteiger partial charge in [-0.3, -0.25) is 4.79 Å². The molecule has 27 heavy (non-hydrogen) atoms. The number of terminal acetylenes is 1. The van der Waals surface area contributed by atoms with Crippen LogP contribution in [-0.2, 0) is 11.3 Å². The van der Waals surface area contributed by atoms with Crippen LogP contribution in [0.2, 0.25) is 5.02 Å². The highest BCUT2D eigenvalue weighted by Gasteiger charge is 2.14. The van der Waals surface area contributed by atoms with Crippen LogP contribution in [0, 0.1) is 23.7 Å². The third-order valence-corrected chi connectivity index (χ3v) is 3.80. The number of nitriles is 1. The van der Waals surface area contributed by atoms with Crippen LogP contribution in [0.3, 0.4) is 0 Å². The summed E-state index contributed by atoms with van der Waals surface area (Å²) >= 11 is 6.21. The maximum Gasteiger partial charge on any atom is 0.262 e. The van der Waals surface area contributed by atoms with Gasteiger partial charge in [-0.1, -0.05) is 47.9 Å². The minimum atomic E-state index is -0.482. The number of rotatable bonds is 7. The summed E-state index contributed by atoms with van der Waals surface area (Å²) in [7, 11) is 1.46. The molecule has 0 fully saturated rings. The predicted molar refractivity (Wildman–Crippen MR) is 104 cm³/mol. The Morgan fingerprint density at radius 2 is 2.07 bits per heavy atom. The maximum absolute atomic E-state index is 12.3. The summed E-state index contributed by atoms with van der Waals surface area (Å²) in [6, 6.07) is 14.5. The number of benzene rings is 2. The molecule has 0 bridgehead atoms. The Bertz CT molecular complexity index is 925. The van der Waals surface area contributed by atoms with Gasteiger partial charge in [-0.05, 0) is 29.3 Å². The normalized spacial score (nSPS) is 10.4. The van der Waals surface area contributed by atoms with Gasteiger partial charge in [0.1, 0.15) is 18.2 Å². The molecule has 0 aliphatic heterocycles. The molecule has 0 atom stereocenters. The van der Waals surface area contributed by atoms with E-state index in [-0.39, 0.29) is 17.2 Å². The Kier molecular flexibility index (Phi) is 7.31. The summed E-state index contributed by atoms with van der Waals surface area (Å²) in [5.74, 6) is 2.53. The first kappa shape index (κ1) is 19.9. The zero-order valence-corrected chi connectivity index (χ0v) is 15.4. The van der Waals surface area contributed by atoms with Gasteiger partial charge in [0.15, 0.2) is 11.5 Å². The molecule has 0 heterocycles. The monoisotopic (exact) mass is 380 g/mol. The van der Waals surface area contributed by atoms with E-state index in [4.69, 9.17) is 27.5 Å². The van der Waals surface area contributed by atoms with Crippen molar-refractivity contribution in [3.8, 4) is 29.9 Å². The second-order valence-electron chi connectivity index (χ2n) is 5.37. The SMILES string of the molecule is C#CCOc1c(Cl)cc(/C=C(/C#N)C(=O)NCc2ccccc2)cc1OC. The molecule has 0 radical (unpaired) electrons. The van der Waals surface area contributed by atoms with Crippen molar-refractivity contribution < 1.29 is 14.3 Å². The molecule has 2 aromatic carbocycles. The van der Waals surface area contributed by atoms with Gasteiger partial charge >= 0.3 is 0 Å². The Balaban J connectivity index is 2.21. The number of methoxy groups -OCH3 is 1. The first-order valence-electron chi connectivity index (χ1n) is 7.96. The summed E-state index contributed by atoms with van der Waals surface area (Å²) in [6.45, 7) is 0.359. The highest BCUT2D eigenvalue weighted by atomic mass is 35.5. The van der Waals surface area contributed by atoms with Crippen molar-refractivity contribution in [2.24, 2.45) is 0 Å². The highest BCUT2D eigenvalue weighted by Crippen LogP contribution is 2.37. The second kappa shape index (κ2) is 9.91. The number of halogens is 1. The lowest BCUT2D eigenvalue weighted by Crippen LogP contribution is -2.23. The zero-order valence-electron chi connectivity index (χ0n) is 14.7. The number of hydrogen-bond donors (Lipinski definition) is 1. The van der Waals surface area contributed by atoms with Gasteiger partial charge in [-0.2, -0.15) is 5.26 Å². The van der Waals surface area contributed by atoms with Crippen molar-refractivity contribution in [3.05, 3.63) is 64.2 Å². The van der Waals surface area contributed by atoms with E-state index in [0.717, 1.165) is 5.56 Å². The summed E-state index contributed by atoms with van der Waals surface area (Å²) in [5, 5.41) is 12.3. The van der Waals surface area contributed by atoms with E-state index in [2.05, 4.69) is 11.2 Å². The standard InChI is InChI=1S/C21H17ClN2O3/c1-3-9-27-20-18(22)11-16(12-19(20)26-2)10-17(13-23)21(25)24-14-15-7-5-4-6-8-15/h1,4-8,10-12H,9,14H2,2H3,(H,24,25)/b17-10-. The van der Waals surface area contributed by atoms with Gasteiger partial charge < -0.3 is 14.8 Å².